The first-order chi connectivity index (χ1) is 8.99. The van der Waals surface area contributed by atoms with Crippen molar-refractivity contribution in [2.24, 2.45) is 5.92 Å². The topological polar surface area (TPSA) is 110 Å². The van der Waals surface area contributed by atoms with Crippen molar-refractivity contribution in [3.05, 3.63) is 12.4 Å². The third kappa shape index (κ3) is 6.05. The Hall–Kier alpha value is -1.83. The Bertz CT molecular complexity index is 452. The highest BCUT2D eigenvalue weighted by Gasteiger charge is 2.10. The number of carbonyl (C=O) groups excluding carboxylic acids is 2. The molecule has 0 bridgehead atoms. The molecule has 0 saturated carbocycles. The third-order valence-corrected chi connectivity index (χ3v) is 2.95. The minimum absolute atomic E-state index is 0.0536. The molecule has 1 aromatic rings. The molecule has 1 aromatic heterocycles. The largest absolute Gasteiger partial charge is 0.381 e. The van der Waals surface area contributed by atoms with Gasteiger partial charge in [0.2, 0.25) is 5.91 Å². The van der Waals surface area contributed by atoms with Crippen molar-refractivity contribution in [3.8, 4) is 0 Å². The second-order valence-corrected chi connectivity index (χ2v) is 5.15. The lowest BCUT2D eigenvalue weighted by Crippen LogP contribution is -2.41. The number of nitrogens with zero attached hydrogens (tertiary/aromatic N) is 2. The van der Waals surface area contributed by atoms with Crippen LogP contribution in [0.3, 0.4) is 0 Å². The number of rotatable bonds is 5. The Morgan fingerprint density at radius 1 is 1.37 bits per heavy atom. The summed E-state index contributed by atoms with van der Waals surface area (Å²) in [5, 5.41) is 5.29. The molecule has 19 heavy (non-hydrogen) atoms. The highest BCUT2D eigenvalue weighted by Crippen LogP contribution is 2.18. The van der Waals surface area contributed by atoms with Crippen LogP contribution in [0.4, 0.5) is 10.6 Å². The Balaban J connectivity index is 2.32. The van der Waals surface area contributed by atoms with Crippen LogP contribution >= 0.6 is 11.8 Å². The molecule has 0 aliphatic heterocycles. The van der Waals surface area contributed by atoms with Gasteiger partial charge in [0.05, 0.1) is 5.75 Å². The summed E-state index contributed by atoms with van der Waals surface area (Å²) in [6.07, 6.45) is 2.96. The van der Waals surface area contributed by atoms with E-state index >= 15 is 0 Å². The standard InChI is InChI=1S/C11H17N5O2S/c1-7(2)5-15-11(18)16-8(17)6-19-10-9(12)13-3-4-14-10/h3-4,7H,5-6H2,1-2H3,(H2,12,13)(H2,15,16,17,18). The summed E-state index contributed by atoms with van der Waals surface area (Å²) in [5.41, 5.74) is 5.58. The molecule has 0 radical (unpaired) electrons. The van der Waals surface area contributed by atoms with Crippen LogP contribution in [0.25, 0.3) is 0 Å². The third-order valence-electron chi connectivity index (χ3n) is 1.95. The van der Waals surface area contributed by atoms with Gasteiger partial charge in [-0.15, -0.1) is 0 Å². The molecule has 4 N–H and O–H groups in total. The maximum Gasteiger partial charge on any atom is 0.321 e. The van der Waals surface area contributed by atoms with Crippen LogP contribution in [-0.2, 0) is 4.79 Å². The number of carbonyl (C=O) groups is 2. The zero-order valence-electron chi connectivity index (χ0n) is 10.8. The molecule has 0 aliphatic rings. The van der Waals surface area contributed by atoms with Crippen LogP contribution in [0.15, 0.2) is 17.4 Å². The quantitative estimate of drug-likeness (QED) is 0.684. The maximum absolute atomic E-state index is 11.5. The second kappa shape index (κ2) is 7.57. The van der Waals surface area contributed by atoms with E-state index in [-0.39, 0.29) is 11.6 Å². The fourth-order valence-corrected chi connectivity index (χ4v) is 1.76. The highest BCUT2D eigenvalue weighted by atomic mass is 32.2. The maximum atomic E-state index is 11.5. The van der Waals surface area contributed by atoms with Crippen LogP contribution in [0.5, 0.6) is 0 Å². The molecule has 0 saturated heterocycles. The van der Waals surface area contributed by atoms with Gasteiger partial charge in [-0.05, 0) is 5.92 Å². The van der Waals surface area contributed by atoms with E-state index in [4.69, 9.17) is 5.73 Å². The lowest BCUT2D eigenvalue weighted by molar-refractivity contribution is -0.117. The predicted octanol–water partition coefficient (Wildman–Crippen LogP) is 0.633. The molecule has 0 spiro atoms. The van der Waals surface area contributed by atoms with Gasteiger partial charge in [0.15, 0.2) is 5.82 Å². The summed E-state index contributed by atoms with van der Waals surface area (Å²) >= 11 is 1.13. The fraction of sp³-hybridized carbons (Fsp3) is 0.455. The molecule has 1 rings (SSSR count). The predicted molar refractivity (Wildman–Crippen MR) is 73.5 cm³/mol. The Morgan fingerprint density at radius 2 is 2.05 bits per heavy atom. The van der Waals surface area contributed by atoms with Gasteiger partial charge in [0, 0.05) is 18.9 Å². The normalized spacial score (nSPS) is 10.3. The number of urea groups is 1. The minimum atomic E-state index is -0.494. The number of nitrogens with two attached hydrogens (primary N) is 1. The number of thioether (sulfide) groups is 1. The summed E-state index contributed by atoms with van der Waals surface area (Å²) < 4.78 is 0. The van der Waals surface area contributed by atoms with Gasteiger partial charge in [-0.1, -0.05) is 25.6 Å². The van der Waals surface area contributed by atoms with Crippen LogP contribution in [0.1, 0.15) is 13.8 Å². The SMILES string of the molecule is CC(C)CNC(=O)NC(=O)CSc1nccnc1N. The molecule has 0 fully saturated rings. The molecule has 7 nitrogen and oxygen atoms in total. The van der Waals surface area contributed by atoms with Gasteiger partial charge in [0.1, 0.15) is 5.03 Å². The number of aromatic nitrogens is 2. The van der Waals surface area contributed by atoms with E-state index in [1.54, 1.807) is 0 Å². The summed E-state index contributed by atoms with van der Waals surface area (Å²) in [6.45, 7) is 4.45. The van der Waals surface area contributed by atoms with Gasteiger partial charge in [-0.2, -0.15) is 0 Å². The number of imide groups is 1. The summed E-state index contributed by atoms with van der Waals surface area (Å²) in [6, 6.07) is -0.494. The van der Waals surface area contributed by atoms with E-state index in [0.717, 1.165) is 11.8 Å². The van der Waals surface area contributed by atoms with Crippen LogP contribution in [-0.4, -0.2) is 34.2 Å². The van der Waals surface area contributed by atoms with E-state index in [1.807, 2.05) is 13.8 Å². The average Bonchev–Trinajstić information content (AvgIpc) is 2.35. The van der Waals surface area contributed by atoms with E-state index < -0.39 is 11.9 Å². The van der Waals surface area contributed by atoms with E-state index in [1.165, 1.54) is 12.4 Å². The summed E-state index contributed by atoms with van der Waals surface area (Å²) in [7, 11) is 0. The minimum Gasteiger partial charge on any atom is -0.381 e. The molecule has 0 unspecified atom stereocenters. The van der Waals surface area contributed by atoms with Gasteiger partial charge in [-0.25, -0.2) is 14.8 Å². The number of nitrogens with one attached hydrogen (secondary N) is 2. The van der Waals surface area contributed by atoms with Crippen molar-refractivity contribution >= 4 is 29.5 Å². The fourth-order valence-electron chi connectivity index (χ4n) is 1.08. The molecule has 104 valence electrons. The molecular weight excluding hydrogens is 266 g/mol. The van der Waals surface area contributed by atoms with Crippen LogP contribution in [0, 0.1) is 5.92 Å². The number of nitrogen functional groups attached to an aromatic ring is 1. The first kappa shape index (κ1) is 15.2. The molecular formula is C11H17N5O2S. The second-order valence-electron chi connectivity index (χ2n) is 4.19. The van der Waals surface area contributed by atoms with Crippen LogP contribution < -0.4 is 16.4 Å². The lowest BCUT2D eigenvalue weighted by Gasteiger charge is -2.08. The van der Waals surface area contributed by atoms with E-state index in [9.17, 15) is 9.59 Å². The van der Waals surface area contributed by atoms with Crippen molar-refractivity contribution in [2.45, 2.75) is 18.9 Å². The number of amides is 3. The molecule has 0 aromatic carbocycles. The zero-order valence-corrected chi connectivity index (χ0v) is 11.7. The van der Waals surface area contributed by atoms with Crippen molar-refractivity contribution in [2.75, 3.05) is 18.0 Å². The summed E-state index contributed by atoms with van der Waals surface area (Å²) in [5.74, 6) is 0.244. The van der Waals surface area contributed by atoms with Gasteiger partial charge in [-0.3, -0.25) is 10.1 Å². The highest BCUT2D eigenvalue weighted by molar-refractivity contribution is 8.00. The number of hydrogen-bond donors (Lipinski definition) is 3. The zero-order chi connectivity index (χ0) is 14.3. The monoisotopic (exact) mass is 283 g/mol. The van der Waals surface area contributed by atoms with Crippen LogP contribution in [0.2, 0.25) is 0 Å². The lowest BCUT2D eigenvalue weighted by atomic mass is 10.2. The van der Waals surface area contributed by atoms with E-state index in [0.29, 0.717) is 17.5 Å². The smallest absolute Gasteiger partial charge is 0.321 e. The molecule has 0 aliphatic carbocycles. The first-order valence-corrected chi connectivity index (χ1v) is 6.74. The van der Waals surface area contributed by atoms with Gasteiger partial charge >= 0.3 is 6.03 Å². The van der Waals surface area contributed by atoms with Crippen molar-refractivity contribution in [3.63, 3.8) is 0 Å². The van der Waals surface area contributed by atoms with E-state index in [2.05, 4.69) is 20.6 Å². The Labute approximate surface area is 115 Å². The Kier molecular flexibility index (Phi) is 6.07. The number of anilines is 1. The molecule has 0 atom stereocenters. The molecule has 3 amide bonds. The number of hydrogen-bond acceptors (Lipinski definition) is 6. The van der Waals surface area contributed by atoms with Crippen molar-refractivity contribution in [1.29, 1.82) is 0 Å². The first-order valence-electron chi connectivity index (χ1n) is 5.76. The molecule has 1 heterocycles. The van der Waals surface area contributed by atoms with Gasteiger partial charge in [0.25, 0.3) is 0 Å². The van der Waals surface area contributed by atoms with Crippen molar-refractivity contribution in [1.82, 2.24) is 20.6 Å². The van der Waals surface area contributed by atoms with Crippen molar-refractivity contribution < 1.29 is 9.59 Å². The summed E-state index contributed by atoms with van der Waals surface area (Å²) in [4.78, 5) is 30.7. The Morgan fingerprint density at radius 3 is 2.68 bits per heavy atom. The van der Waals surface area contributed by atoms with Gasteiger partial charge < -0.3 is 11.1 Å². The average molecular weight is 283 g/mol. The molecule has 8 heteroatoms.